The van der Waals surface area contributed by atoms with Crippen molar-refractivity contribution in [2.24, 2.45) is 0 Å². The van der Waals surface area contributed by atoms with Gasteiger partial charge in [0.2, 0.25) is 0 Å². The quantitative estimate of drug-likeness (QED) is 0.496. The lowest BCUT2D eigenvalue weighted by Gasteiger charge is -1.98. The van der Waals surface area contributed by atoms with Gasteiger partial charge in [-0.25, -0.2) is 0 Å². The Morgan fingerprint density at radius 1 is 1.20 bits per heavy atom. The van der Waals surface area contributed by atoms with Gasteiger partial charge in [-0.2, -0.15) is 0 Å². The van der Waals surface area contributed by atoms with Crippen molar-refractivity contribution in [1.29, 1.82) is 0 Å². The molecular weight excluding hydrogens is 166 g/mol. The van der Waals surface area contributed by atoms with Crippen molar-refractivity contribution in [1.82, 2.24) is 0 Å². The first kappa shape index (κ1) is 7.78. The fraction of sp³-hybridized carbons (Fsp3) is 0. The highest BCUT2D eigenvalue weighted by Crippen LogP contribution is 2.27. The molecule has 2 nitrogen and oxygen atoms in total. The molecule has 1 rings (SSSR count). The van der Waals surface area contributed by atoms with Crippen LogP contribution < -0.4 is 5.30 Å². The highest BCUT2D eigenvalue weighted by atomic mass is 32.0. The molecule has 0 spiro atoms. The maximum atomic E-state index is 8.98. The van der Waals surface area contributed by atoms with Gasteiger partial charge in [-0.1, -0.05) is 14.3 Å². The topological polar surface area (TPSA) is 40.5 Å². The molecule has 0 fully saturated rings. The lowest BCUT2D eigenvalue weighted by Crippen LogP contribution is -1.88. The largest absolute Gasteiger partial charge is 0.504 e. The zero-order valence-electron chi connectivity index (χ0n) is 5.20. The molecule has 2 N–H and O–H groups in total. The minimum Gasteiger partial charge on any atom is -0.504 e. The summed E-state index contributed by atoms with van der Waals surface area (Å²) in [5.41, 5.74) is 0. The number of phenolic OH excluding ortho intramolecular Hbond substituents is 2. The van der Waals surface area contributed by atoms with Crippen molar-refractivity contribution in [3.63, 3.8) is 0 Å². The summed E-state index contributed by atoms with van der Waals surface area (Å²) in [6.07, 6.45) is 0. The zero-order valence-corrected chi connectivity index (χ0v) is 7.36. The van der Waals surface area contributed by atoms with E-state index in [0.29, 0.717) is 8.27 Å². The van der Waals surface area contributed by atoms with E-state index in [1.54, 1.807) is 12.1 Å². The van der Waals surface area contributed by atoms with Crippen molar-refractivity contribution < 1.29 is 10.2 Å². The molecule has 2 atom stereocenters. The first-order valence-corrected chi connectivity index (χ1v) is 5.53. The Morgan fingerprint density at radius 3 is 2.40 bits per heavy atom. The molecule has 0 aromatic heterocycles. The van der Waals surface area contributed by atoms with Crippen LogP contribution in [0.1, 0.15) is 0 Å². The van der Waals surface area contributed by atoms with Crippen LogP contribution in [-0.4, -0.2) is 10.2 Å². The van der Waals surface area contributed by atoms with E-state index in [1.807, 2.05) is 0 Å². The zero-order chi connectivity index (χ0) is 7.56. The Bertz CT molecular complexity index is 237. The second-order valence-corrected chi connectivity index (χ2v) is 3.58. The Labute approximate surface area is 63.2 Å². The average Bonchev–Trinajstić information content (AvgIpc) is 1.95. The summed E-state index contributed by atoms with van der Waals surface area (Å²) < 4.78 is 0. The minimum atomic E-state index is -0.0630. The third-order valence-electron chi connectivity index (χ3n) is 1.14. The normalized spacial score (nSPS) is 10.9. The van der Waals surface area contributed by atoms with Gasteiger partial charge >= 0.3 is 0 Å². The van der Waals surface area contributed by atoms with Crippen LogP contribution in [-0.2, 0) is 0 Å². The van der Waals surface area contributed by atoms with Crippen molar-refractivity contribution in [3.8, 4) is 11.5 Å². The predicted octanol–water partition coefficient (Wildman–Crippen LogP) is 1.19. The molecule has 0 aliphatic heterocycles. The second kappa shape index (κ2) is 3.18. The second-order valence-electron chi connectivity index (χ2n) is 1.85. The number of phenols is 2. The fourth-order valence-electron chi connectivity index (χ4n) is 0.613. The molecule has 0 aliphatic carbocycles. The van der Waals surface area contributed by atoms with E-state index >= 15 is 0 Å². The fourth-order valence-corrected chi connectivity index (χ4v) is 1.55. The molecular formula is C6H8O2P2. The van der Waals surface area contributed by atoms with Gasteiger partial charge in [-0.05, 0) is 17.4 Å². The summed E-state index contributed by atoms with van der Waals surface area (Å²) in [5, 5.41) is 18.9. The smallest absolute Gasteiger partial charge is 0.158 e. The number of aromatic hydroxyl groups is 2. The maximum Gasteiger partial charge on any atom is 0.158 e. The van der Waals surface area contributed by atoms with Crippen LogP contribution in [0.2, 0.25) is 0 Å². The third-order valence-corrected chi connectivity index (χ3v) is 2.79. The Morgan fingerprint density at radius 2 is 1.90 bits per heavy atom. The third kappa shape index (κ3) is 1.59. The Hall–Kier alpha value is -0.320. The van der Waals surface area contributed by atoms with Gasteiger partial charge in [0.05, 0.1) is 0 Å². The first-order chi connectivity index (χ1) is 4.74. The lowest BCUT2D eigenvalue weighted by molar-refractivity contribution is 0.404. The van der Waals surface area contributed by atoms with Crippen LogP contribution >= 0.6 is 17.2 Å². The molecule has 0 saturated heterocycles. The highest BCUT2D eigenvalue weighted by Gasteiger charge is 1.97. The van der Waals surface area contributed by atoms with Gasteiger partial charge in [0.1, 0.15) is 0 Å². The predicted molar refractivity (Wildman–Crippen MR) is 47.4 cm³/mol. The van der Waals surface area contributed by atoms with E-state index in [9.17, 15) is 0 Å². The summed E-state index contributed by atoms with van der Waals surface area (Å²) >= 11 is 0. The average molecular weight is 174 g/mol. The molecule has 0 saturated carbocycles. The molecule has 0 heterocycles. The minimum absolute atomic E-state index is 0.0487. The van der Waals surface area contributed by atoms with Crippen molar-refractivity contribution in [3.05, 3.63) is 18.2 Å². The van der Waals surface area contributed by atoms with Gasteiger partial charge in [0.25, 0.3) is 0 Å². The highest BCUT2D eigenvalue weighted by molar-refractivity contribution is 8.06. The summed E-state index contributed by atoms with van der Waals surface area (Å²) in [4.78, 5) is 0. The van der Waals surface area contributed by atoms with Crippen LogP contribution in [0.25, 0.3) is 0 Å². The van der Waals surface area contributed by atoms with E-state index in [2.05, 4.69) is 8.93 Å². The van der Waals surface area contributed by atoms with Crippen molar-refractivity contribution in [2.75, 3.05) is 0 Å². The molecule has 54 valence electrons. The molecule has 1 aromatic rings. The first-order valence-electron chi connectivity index (χ1n) is 2.72. The van der Waals surface area contributed by atoms with E-state index in [0.717, 1.165) is 5.30 Å². The molecule has 1 aromatic carbocycles. The molecule has 4 heteroatoms. The van der Waals surface area contributed by atoms with Gasteiger partial charge in [-0.15, -0.1) is 8.93 Å². The molecule has 0 aliphatic rings. The van der Waals surface area contributed by atoms with Crippen LogP contribution in [0, 0.1) is 0 Å². The summed E-state index contributed by atoms with van der Waals surface area (Å²) in [5.74, 6) is -0.112. The summed E-state index contributed by atoms with van der Waals surface area (Å²) in [6.45, 7) is 0. The molecule has 10 heavy (non-hydrogen) atoms. The number of hydrogen-bond donors (Lipinski definition) is 2. The lowest BCUT2D eigenvalue weighted by atomic mass is 10.3. The van der Waals surface area contributed by atoms with Crippen LogP contribution in [0.5, 0.6) is 11.5 Å². The molecule has 0 bridgehead atoms. The van der Waals surface area contributed by atoms with Crippen LogP contribution in [0.3, 0.4) is 0 Å². The monoisotopic (exact) mass is 174 g/mol. The molecule has 0 amide bonds. The summed E-state index contributed by atoms with van der Waals surface area (Å²) in [7, 11) is 3.14. The summed E-state index contributed by atoms with van der Waals surface area (Å²) in [6, 6.07) is 4.82. The van der Waals surface area contributed by atoms with Gasteiger partial charge < -0.3 is 10.2 Å². The number of benzene rings is 1. The van der Waals surface area contributed by atoms with Gasteiger partial charge in [0.15, 0.2) is 11.5 Å². The van der Waals surface area contributed by atoms with Gasteiger partial charge in [0, 0.05) is 0 Å². The van der Waals surface area contributed by atoms with Crippen LogP contribution in [0.15, 0.2) is 18.2 Å². The molecule has 0 radical (unpaired) electrons. The van der Waals surface area contributed by atoms with Crippen molar-refractivity contribution in [2.45, 2.75) is 0 Å². The van der Waals surface area contributed by atoms with Crippen LogP contribution in [0.4, 0.5) is 0 Å². The van der Waals surface area contributed by atoms with E-state index in [1.165, 1.54) is 6.07 Å². The SMILES string of the molecule is Oc1ccc(PP)cc1O. The standard InChI is InChI=1S/C6H8O2P2/c7-5-2-1-4(10-9)3-6(5)8/h1-3,7-8,10H,9H2. The van der Waals surface area contributed by atoms with Gasteiger partial charge in [-0.3, -0.25) is 0 Å². The molecule has 2 unspecified atom stereocenters. The van der Waals surface area contributed by atoms with E-state index < -0.39 is 0 Å². The number of rotatable bonds is 1. The van der Waals surface area contributed by atoms with E-state index in [-0.39, 0.29) is 11.5 Å². The Kier molecular flexibility index (Phi) is 2.48. The number of hydrogen-bond acceptors (Lipinski definition) is 2. The van der Waals surface area contributed by atoms with E-state index in [4.69, 9.17) is 10.2 Å². The maximum absolute atomic E-state index is 8.98. The van der Waals surface area contributed by atoms with Crippen molar-refractivity contribution >= 4 is 22.5 Å². The Balaban J connectivity index is 3.04.